The first-order chi connectivity index (χ1) is 10.2. The molecule has 1 aliphatic rings. The Hall–Kier alpha value is -1.88. The topological polar surface area (TPSA) is 48.3 Å². The quantitative estimate of drug-likeness (QED) is 0.807. The molecule has 21 heavy (non-hydrogen) atoms. The van der Waals surface area contributed by atoms with E-state index in [2.05, 4.69) is 4.90 Å². The highest BCUT2D eigenvalue weighted by molar-refractivity contribution is 7.80. The zero-order valence-corrected chi connectivity index (χ0v) is 12.6. The molecule has 110 valence electrons. The van der Waals surface area contributed by atoms with Crippen molar-refractivity contribution in [3.8, 4) is 0 Å². The van der Waals surface area contributed by atoms with Crippen molar-refractivity contribution >= 4 is 34.1 Å². The van der Waals surface area contributed by atoms with E-state index in [1.165, 1.54) is 6.42 Å². The van der Waals surface area contributed by atoms with Gasteiger partial charge in [-0.15, -0.1) is 0 Å². The highest BCUT2D eigenvalue weighted by atomic mass is 32.1. The Morgan fingerprint density at radius 3 is 2.62 bits per heavy atom. The molecule has 0 saturated carbocycles. The molecule has 0 spiro atoms. The maximum absolute atomic E-state index is 10.9. The molecular formula is C16H17N2O2S-. The van der Waals surface area contributed by atoms with Crippen molar-refractivity contribution < 1.29 is 9.90 Å². The zero-order valence-electron chi connectivity index (χ0n) is 11.7. The molecule has 0 unspecified atom stereocenters. The van der Waals surface area contributed by atoms with E-state index in [1.54, 1.807) is 4.57 Å². The normalized spacial score (nSPS) is 15.3. The summed E-state index contributed by atoms with van der Waals surface area (Å²) >= 11 is 5.64. The zero-order chi connectivity index (χ0) is 14.8. The van der Waals surface area contributed by atoms with Gasteiger partial charge in [-0.25, -0.2) is 0 Å². The van der Waals surface area contributed by atoms with Crippen LogP contribution in [-0.2, 0) is 11.3 Å². The number of carbonyl (C=O) groups is 1. The minimum atomic E-state index is -1.09. The number of carbonyl (C=O) groups excluding carboxylic acids is 1. The van der Waals surface area contributed by atoms with Gasteiger partial charge in [-0.1, -0.05) is 30.4 Å². The van der Waals surface area contributed by atoms with Crippen LogP contribution in [0.25, 0.3) is 10.9 Å². The van der Waals surface area contributed by atoms with Gasteiger partial charge in [-0.3, -0.25) is 0 Å². The van der Waals surface area contributed by atoms with Gasteiger partial charge in [0.1, 0.15) is 4.99 Å². The minimum absolute atomic E-state index is 0.150. The lowest BCUT2D eigenvalue weighted by Gasteiger charge is -2.28. The molecule has 1 fully saturated rings. The van der Waals surface area contributed by atoms with Crippen LogP contribution in [0.15, 0.2) is 30.5 Å². The maximum atomic E-state index is 10.9. The SMILES string of the molecule is O=C([O-])Cn1cc(C(=S)N2CCCCC2)c2ccccc21. The van der Waals surface area contributed by atoms with E-state index < -0.39 is 5.97 Å². The second-order valence-electron chi connectivity index (χ2n) is 5.41. The van der Waals surface area contributed by atoms with Crippen LogP contribution in [0, 0.1) is 0 Å². The molecule has 1 saturated heterocycles. The Kier molecular flexibility index (Phi) is 3.92. The predicted molar refractivity (Wildman–Crippen MR) is 84.1 cm³/mol. The minimum Gasteiger partial charge on any atom is -0.548 e. The third kappa shape index (κ3) is 2.78. The van der Waals surface area contributed by atoms with Gasteiger partial charge in [0.05, 0.1) is 12.5 Å². The van der Waals surface area contributed by atoms with E-state index in [9.17, 15) is 9.90 Å². The van der Waals surface area contributed by atoms with Gasteiger partial charge >= 0.3 is 0 Å². The van der Waals surface area contributed by atoms with E-state index in [0.29, 0.717) is 0 Å². The van der Waals surface area contributed by atoms with Crippen molar-refractivity contribution in [2.45, 2.75) is 25.8 Å². The number of likely N-dealkylation sites (tertiary alicyclic amines) is 1. The molecule has 2 aromatic rings. The Labute approximate surface area is 129 Å². The van der Waals surface area contributed by atoms with E-state index in [0.717, 1.165) is 47.4 Å². The number of benzene rings is 1. The van der Waals surface area contributed by atoms with Gasteiger partial charge in [0.15, 0.2) is 0 Å². The van der Waals surface area contributed by atoms with Crippen LogP contribution >= 0.6 is 12.2 Å². The monoisotopic (exact) mass is 301 g/mol. The van der Waals surface area contributed by atoms with Crippen LogP contribution < -0.4 is 5.11 Å². The van der Waals surface area contributed by atoms with Crippen LogP contribution in [0.2, 0.25) is 0 Å². The molecule has 0 aliphatic carbocycles. The summed E-state index contributed by atoms with van der Waals surface area (Å²) in [6.45, 7) is 1.82. The van der Waals surface area contributed by atoms with E-state index >= 15 is 0 Å². The molecular weight excluding hydrogens is 284 g/mol. The summed E-state index contributed by atoms with van der Waals surface area (Å²) in [5, 5.41) is 11.9. The van der Waals surface area contributed by atoms with E-state index in [-0.39, 0.29) is 6.54 Å². The molecule has 0 atom stereocenters. The molecule has 1 aromatic carbocycles. The summed E-state index contributed by atoms with van der Waals surface area (Å²) < 4.78 is 1.70. The lowest BCUT2D eigenvalue weighted by atomic mass is 10.1. The number of thiocarbonyl (C=S) groups is 1. The summed E-state index contributed by atoms with van der Waals surface area (Å²) in [5.41, 5.74) is 1.83. The number of aromatic nitrogens is 1. The molecule has 0 bridgehead atoms. The van der Waals surface area contributed by atoms with Gasteiger partial charge < -0.3 is 19.4 Å². The number of carboxylic acid groups (broad SMARTS) is 1. The highest BCUT2D eigenvalue weighted by Gasteiger charge is 2.19. The van der Waals surface area contributed by atoms with Crippen molar-refractivity contribution in [3.63, 3.8) is 0 Å². The van der Waals surface area contributed by atoms with Crippen LogP contribution in [0.1, 0.15) is 24.8 Å². The summed E-state index contributed by atoms with van der Waals surface area (Å²) in [4.78, 5) is 14.0. The number of aliphatic carboxylic acids is 1. The van der Waals surface area contributed by atoms with Crippen molar-refractivity contribution in [1.82, 2.24) is 9.47 Å². The molecule has 0 amide bonds. The number of piperidine rings is 1. The summed E-state index contributed by atoms with van der Waals surface area (Å²) in [7, 11) is 0. The fraction of sp³-hybridized carbons (Fsp3) is 0.375. The highest BCUT2D eigenvalue weighted by Crippen LogP contribution is 2.24. The number of fused-ring (bicyclic) bond motifs is 1. The van der Waals surface area contributed by atoms with Crippen LogP contribution in [0.3, 0.4) is 0 Å². The van der Waals surface area contributed by atoms with E-state index in [1.807, 2.05) is 30.5 Å². The molecule has 1 aliphatic heterocycles. The maximum Gasteiger partial charge on any atom is 0.111 e. The van der Waals surface area contributed by atoms with Crippen LogP contribution in [0.5, 0.6) is 0 Å². The van der Waals surface area contributed by atoms with Gasteiger partial charge in [0.25, 0.3) is 0 Å². The standard InChI is InChI=1S/C16H18N2O2S/c19-15(20)11-18-10-13(12-6-2-3-7-14(12)18)16(21)17-8-4-1-5-9-17/h2-3,6-7,10H,1,4-5,8-9,11H2,(H,19,20)/p-1. The molecule has 5 heteroatoms. The summed E-state index contributed by atoms with van der Waals surface area (Å²) in [6, 6.07) is 7.77. The first kappa shape index (κ1) is 14.1. The second kappa shape index (κ2) is 5.85. The number of hydrogen-bond acceptors (Lipinski definition) is 3. The fourth-order valence-corrected chi connectivity index (χ4v) is 3.30. The number of hydrogen-bond donors (Lipinski definition) is 0. The second-order valence-corrected chi connectivity index (χ2v) is 5.80. The number of nitrogens with zero attached hydrogens (tertiary/aromatic N) is 2. The van der Waals surface area contributed by atoms with Crippen molar-refractivity contribution in [1.29, 1.82) is 0 Å². The number of para-hydroxylation sites is 1. The van der Waals surface area contributed by atoms with Gasteiger partial charge in [-0.2, -0.15) is 0 Å². The Morgan fingerprint density at radius 2 is 1.90 bits per heavy atom. The number of rotatable bonds is 3. The first-order valence-electron chi connectivity index (χ1n) is 7.24. The Balaban J connectivity index is 2.01. The molecule has 1 aromatic heterocycles. The fourth-order valence-electron chi connectivity index (χ4n) is 2.95. The van der Waals surface area contributed by atoms with Gasteiger partial charge in [-0.05, 0) is 25.3 Å². The van der Waals surface area contributed by atoms with Crippen molar-refractivity contribution in [2.75, 3.05) is 13.1 Å². The third-order valence-corrected chi connectivity index (χ3v) is 4.44. The first-order valence-corrected chi connectivity index (χ1v) is 7.64. The molecule has 4 nitrogen and oxygen atoms in total. The van der Waals surface area contributed by atoms with Crippen LogP contribution in [-0.4, -0.2) is 33.5 Å². The predicted octanol–water partition coefficient (Wildman–Crippen LogP) is 1.55. The smallest absolute Gasteiger partial charge is 0.111 e. The lowest BCUT2D eigenvalue weighted by molar-refractivity contribution is -0.306. The summed E-state index contributed by atoms with van der Waals surface area (Å²) in [6.07, 6.45) is 5.43. The Morgan fingerprint density at radius 1 is 1.19 bits per heavy atom. The van der Waals surface area contributed by atoms with Gasteiger partial charge in [0, 0.05) is 35.8 Å². The van der Waals surface area contributed by atoms with Gasteiger partial charge in [0.2, 0.25) is 0 Å². The average molecular weight is 301 g/mol. The summed E-state index contributed by atoms with van der Waals surface area (Å²) in [5.74, 6) is -1.09. The molecule has 0 N–H and O–H groups in total. The largest absolute Gasteiger partial charge is 0.548 e. The van der Waals surface area contributed by atoms with Crippen molar-refractivity contribution in [2.24, 2.45) is 0 Å². The van der Waals surface area contributed by atoms with Crippen molar-refractivity contribution in [3.05, 3.63) is 36.0 Å². The number of carboxylic acids is 1. The average Bonchev–Trinajstić information content (AvgIpc) is 2.86. The van der Waals surface area contributed by atoms with E-state index in [4.69, 9.17) is 12.2 Å². The Bertz CT molecular complexity index is 687. The molecule has 2 heterocycles. The molecule has 3 rings (SSSR count). The lowest BCUT2D eigenvalue weighted by Crippen LogP contribution is -2.34. The molecule has 0 radical (unpaired) electrons. The van der Waals surface area contributed by atoms with Crippen LogP contribution in [0.4, 0.5) is 0 Å². The third-order valence-electron chi connectivity index (χ3n) is 3.96.